The van der Waals surface area contributed by atoms with E-state index in [1.807, 2.05) is 50.4 Å². The minimum atomic E-state index is -1.06. The lowest BCUT2D eigenvalue weighted by molar-refractivity contribution is -0.148. The van der Waals surface area contributed by atoms with E-state index in [2.05, 4.69) is 15.6 Å². The van der Waals surface area contributed by atoms with Crippen LogP contribution in [0, 0.1) is 5.92 Å². The predicted molar refractivity (Wildman–Crippen MR) is 122 cm³/mol. The van der Waals surface area contributed by atoms with Crippen LogP contribution in [0.3, 0.4) is 0 Å². The number of thioether (sulfide) groups is 1. The molecule has 0 spiro atoms. The number of carboxylic acids is 2. The van der Waals surface area contributed by atoms with Crippen LogP contribution in [0.2, 0.25) is 0 Å². The van der Waals surface area contributed by atoms with Gasteiger partial charge >= 0.3 is 18.4 Å². The molecule has 180 valence electrons. The summed E-state index contributed by atoms with van der Waals surface area (Å²) in [6.45, 7) is 4.09. The highest BCUT2D eigenvalue weighted by molar-refractivity contribution is 7.98. The Morgan fingerprint density at radius 3 is 2.19 bits per heavy atom. The first kappa shape index (κ1) is 29.4. The number of carbonyl (C=O) groups excluding carboxylic acids is 2. The van der Waals surface area contributed by atoms with Gasteiger partial charge < -0.3 is 26.1 Å². The van der Waals surface area contributed by atoms with E-state index in [9.17, 15) is 24.3 Å². The van der Waals surface area contributed by atoms with Gasteiger partial charge in [-0.25, -0.2) is 4.79 Å². The fraction of sp³-hybridized carbons (Fsp3) is 0.524. The van der Waals surface area contributed by atoms with Crippen molar-refractivity contribution in [1.82, 2.24) is 10.8 Å². The fourth-order valence-corrected chi connectivity index (χ4v) is 2.99. The van der Waals surface area contributed by atoms with E-state index in [0.717, 1.165) is 5.56 Å². The number of nitrogens with two attached hydrogens (primary N) is 1. The zero-order valence-corrected chi connectivity index (χ0v) is 19.3. The number of nitrogens with one attached hydrogen (secondary N) is 2. The summed E-state index contributed by atoms with van der Waals surface area (Å²) in [7, 11) is 0. The molecule has 11 heteroatoms. The second-order valence-electron chi connectivity index (χ2n) is 7.33. The van der Waals surface area contributed by atoms with Gasteiger partial charge in [-0.15, -0.1) is 5.48 Å². The summed E-state index contributed by atoms with van der Waals surface area (Å²) in [5.41, 5.74) is 8.74. The maximum absolute atomic E-state index is 11.9. The molecule has 0 saturated carbocycles. The molecule has 0 aliphatic carbocycles. The lowest BCUT2D eigenvalue weighted by Crippen LogP contribution is -2.49. The van der Waals surface area contributed by atoms with Crippen molar-refractivity contribution in [2.45, 2.75) is 51.2 Å². The molecule has 10 nitrogen and oxygen atoms in total. The molecule has 0 aromatic heterocycles. The van der Waals surface area contributed by atoms with Crippen molar-refractivity contribution in [3.8, 4) is 0 Å². The molecule has 0 radical (unpaired) electrons. The molecule has 6 N–H and O–H groups in total. The molecule has 3 unspecified atom stereocenters. The second-order valence-corrected chi connectivity index (χ2v) is 8.32. The first-order valence-electron chi connectivity index (χ1n) is 10.0. The van der Waals surface area contributed by atoms with Crippen molar-refractivity contribution in [3.63, 3.8) is 0 Å². The Morgan fingerprint density at radius 1 is 1.12 bits per heavy atom. The third-order valence-corrected chi connectivity index (χ3v) is 4.77. The third kappa shape index (κ3) is 13.6. The lowest BCUT2D eigenvalue weighted by Gasteiger charge is -2.19. The number of hydrogen-bond acceptors (Lipinski definition) is 8. The first-order valence-corrected chi connectivity index (χ1v) is 11.4. The van der Waals surface area contributed by atoms with Gasteiger partial charge in [0.1, 0.15) is 12.1 Å². The van der Waals surface area contributed by atoms with E-state index in [1.54, 1.807) is 0 Å². The van der Waals surface area contributed by atoms with E-state index in [4.69, 9.17) is 10.8 Å². The van der Waals surface area contributed by atoms with Crippen LogP contribution in [0.25, 0.3) is 0 Å². The molecular formula is C21H33N3O7S. The summed E-state index contributed by atoms with van der Waals surface area (Å²) in [6, 6.07) is 6.74. The number of rotatable bonds is 14. The fourth-order valence-electron chi connectivity index (χ4n) is 2.52. The molecule has 1 aromatic rings. The van der Waals surface area contributed by atoms with Gasteiger partial charge in [0.05, 0.1) is 6.04 Å². The number of hydrogen-bond donors (Lipinski definition) is 5. The van der Waals surface area contributed by atoms with Gasteiger partial charge in [-0.3, -0.25) is 14.4 Å². The monoisotopic (exact) mass is 471 g/mol. The number of aliphatic carboxylic acids is 2. The Balaban J connectivity index is 0.000000687. The van der Waals surface area contributed by atoms with Gasteiger partial charge in [0.2, 0.25) is 5.91 Å². The number of benzene rings is 1. The Kier molecular flexibility index (Phi) is 15.6. The summed E-state index contributed by atoms with van der Waals surface area (Å²) < 4.78 is 0. The largest absolute Gasteiger partial charge is 0.480 e. The normalized spacial score (nSPS) is 13.2. The number of amides is 1. The molecule has 1 amide bonds. The molecule has 0 saturated heterocycles. The molecule has 0 aliphatic rings. The van der Waals surface area contributed by atoms with Gasteiger partial charge in [-0.1, -0.05) is 44.2 Å². The minimum absolute atomic E-state index is 0.162. The van der Waals surface area contributed by atoms with E-state index >= 15 is 0 Å². The van der Waals surface area contributed by atoms with Crippen LogP contribution in [-0.4, -0.2) is 64.7 Å². The van der Waals surface area contributed by atoms with E-state index in [1.165, 1.54) is 11.8 Å². The van der Waals surface area contributed by atoms with Crippen molar-refractivity contribution < 1.29 is 34.2 Å². The summed E-state index contributed by atoms with van der Waals surface area (Å²) in [4.78, 5) is 47.4. The Labute approximate surface area is 192 Å². The van der Waals surface area contributed by atoms with Crippen LogP contribution in [0.1, 0.15) is 32.3 Å². The van der Waals surface area contributed by atoms with E-state index in [-0.39, 0.29) is 18.8 Å². The maximum Gasteiger partial charge on any atom is 0.326 e. The molecule has 1 aromatic carbocycles. The van der Waals surface area contributed by atoms with Crippen LogP contribution in [0.5, 0.6) is 0 Å². The quantitative estimate of drug-likeness (QED) is 0.195. The van der Waals surface area contributed by atoms with Crippen LogP contribution in [0.15, 0.2) is 30.3 Å². The summed E-state index contributed by atoms with van der Waals surface area (Å²) in [5, 5.41) is 20.3. The maximum atomic E-state index is 11.9. The second kappa shape index (κ2) is 17.0. The van der Waals surface area contributed by atoms with Crippen molar-refractivity contribution in [2.24, 2.45) is 11.7 Å². The van der Waals surface area contributed by atoms with Crippen LogP contribution < -0.4 is 16.5 Å². The number of carboxylic acid groups (broad SMARTS) is 2. The molecule has 0 bridgehead atoms. The van der Waals surface area contributed by atoms with Gasteiger partial charge in [0.25, 0.3) is 0 Å². The Bertz CT molecular complexity index is 704. The average molecular weight is 472 g/mol. The number of carbonyl (C=O) groups is 4. The van der Waals surface area contributed by atoms with Crippen LogP contribution in [-0.2, 0) is 30.4 Å². The van der Waals surface area contributed by atoms with Gasteiger partial charge in [-0.05, 0) is 36.3 Å². The van der Waals surface area contributed by atoms with Crippen molar-refractivity contribution in [1.29, 1.82) is 0 Å². The molecule has 3 atom stereocenters. The summed E-state index contributed by atoms with van der Waals surface area (Å²) >= 11 is 1.53. The minimum Gasteiger partial charge on any atom is -0.480 e. The number of hydroxylamine groups is 1. The predicted octanol–water partition coefficient (Wildman–Crippen LogP) is 1.04. The highest BCUT2D eigenvalue weighted by atomic mass is 32.2. The molecule has 0 fully saturated rings. The van der Waals surface area contributed by atoms with E-state index in [0.29, 0.717) is 18.6 Å². The topological polar surface area (TPSA) is 168 Å². The van der Waals surface area contributed by atoms with Crippen molar-refractivity contribution in [3.05, 3.63) is 35.9 Å². The SMILES string of the molecule is CC(C)CC(N)C(=O)NC(Cc1ccccc1)C(=O)O.CSCCC(NOC=O)C(=O)O. The van der Waals surface area contributed by atoms with Crippen LogP contribution in [0.4, 0.5) is 0 Å². The Hall–Kier alpha value is -2.63. The summed E-state index contributed by atoms with van der Waals surface area (Å²) in [5.74, 6) is -1.51. The smallest absolute Gasteiger partial charge is 0.326 e. The zero-order chi connectivity index (χ0) is 24.5. The van der Waals surface area contributed by atoms with Gasteiger partial charge in [0.15, 0.2) is 0 Å². The van der Waals surface area contributed by atoms with Crippen LogP contribution >= 0.6 is 11.8 Å². The third-order valence-electron chi connectivity index (χ3n) is 4.13. The molecule has 0 aliphatic heterocycles. The average Bonchev–Trinajstić information content (AvgIpc) is 2.73. The Morgan fingerprint density at radius 2 is 1.72 bits per heavy atom. The van der Waals surface area contributed by atoms with Gasteiger partial charge in [0, 0.05) is 6.42 Å². The van der Waals surface area contributed by atoms with E-state index < -0.39 is 36.0 Å². The molecular weight excluding hydrogens is 438 g/mol. The molecule has 0 heterocycles. The standard InChI is InChI=1S/C15H22N2O3.C6H11NO4S/c1-10(2)8-12(16)14(18)17-13(15(19)20)9-11-6-4-3-5-7-11;1-12-3-2-5(6(9)10)7-11-4-8/h3-7,10,12-13H,8-9,16H2,1-2H3,(H,17,18)(H,19,20);4-5,7H,2-3H2,1H3,(H,9,10). The highest BCUT2D eigenvalue weighted by Crippen LogP contribution is 2.06. The van der Waals surface area contributed by atoms with Crippen molar-refractivity contribution >= 4 is 36.1 Å². The van der Waals surface area contributed by atoms with Crippen molar-refractivity contribution in [2.75, 3.05) is 12.0 Å². The van der Waals surface area contributed by atoms with Gasteiger partial charge in [-0.2, -0.15) is 11.8 Å². The lowest BCUT2D eigenvalue weighted by atomic mass is 10.0. The highest BCUT2D eigenvalue weighted by Gasteiger charge is 2.24. The molecule has 1 rings (SSSR count). The molecule has 32 heavy (non-hydrogen) atoms. The summed E-state index contributed by atoms with van der Waals surface area (Å²) in [6.07, 6.45) is 3.07. The zero-order valence-electron chi connectivity index (χ0n) is 18.5. The first-order chi connectivity index (χ1) is 15.1.